The third-order valence-corrected chi connectivity index (χ3v) is 2.69. The van der Waals surface area contributed by atoms with Gasteiger partial charge in [0.15, 0.2) is 5.76 Å². The largest absolute Gasteiger partial charge is 0.499 e. The predicted octanol–water partition coefficient (Wildman–Crippen LogP) is 1.54. The number of benzene rings is 1. The van der Waals surface area contributed by atoms with Crippen LogP contribution in [0.5, 0.6) is 0 Å². The molecular weight excluding hydrogens is 264 g/mol. The molecule has 0 amide bonds. The SMILES string of the molecule is COC(=O)/C(=C1\OC(=O)C(O)=C1OC)c1ccccc1. The van der Waals surface area contributed by atoms with Crippen molar-refractivity contribution >= 4 is 17.5 Å². The Kier molecular flexibility index (Phi) is 3.74. The summed E-state index contributed by atoms with van der Waals surface area (Å²) in [5.74, 6) is -2.72. The van der Waals surface area contributed by atoms with Crippen LogP contribution in [0.15, 0.2) is 47.6 Å². The van der Waals surface area contributed by atoms with E-state index in [-0.39, 0.29) is 17.1 Å². The molecule has 1 heterocycles. The Morgan fingerprint density at radius 3 is 2.40 bits per heavy atom. The van der Waals surface area contributed by atoms with Gasteiger partial charge < -0.3 is 19.3 Å². The van der Waals surface area contributed by atoms with Gasteiger partial charge in [-0.2, -0.15) is 0 Å². The number of methoxy groups -OCH3 is 2. The summed E-state index contributed by atoms with van der Waals surface area (Å²) in [7, 11) is 2.46. The van der Waals surface area contributed by atoms with E-state index in [2.05, 4.69) is 0 Å². The Morgan fingerprint density at radius 1 is 1.20 bits per heavy atom. The van der Waals surface area contributed by atoms with Crippen molar-refractivity contribution in [2.45, 2.75) is 0 Å². The highest BCUT2D eigenvalue weighted by atomic mass is 16.6. The van der Waals surface area contributed by atoms with E-state index < -0.39 is 17.7 Å². The Morgan fingerprint density at radius 2 is 1.85 bits per heavy atom. The van der Waals surface area contributed by atoms with Crippen molar-refractivity contribution < 1.29 is 28.9 Å². The average Bonchev–Trinajstić information content (AvgIpc) is 2.75. The monoisotopic (exact) mass is 276 g/mol. The van der Waals surface area contributed by atoms with Gasteiger partial charge in [-0.25, -0.2) is 9.59 Å². The third-order valence-electron chi connectivity index (χ3n) is 2.69. The van der Waals surface area contributed by atoms with Gasteiger partial charge in [-0.15, -0.1) is 0 Å². The Labute approximate surface area is 114 Å². The number of hydrogen-bond acceptors (Lipinski definition) is 6. The molecule has 6 heteroatoms. The van der Waals surface area contributed by atoms with Crippen LogP contribution in [-0.2, 0) is 23.8 Å². The van der Waals surface area contributed by atoms with Crippen molar-refractivity contribution in [2.24, 2.45) is 0 Å². The summed E-state index contributed by atoms with van der Waals surface area (Å²) >= 11 is 0. The minimum Gasteiger partial charge on any atom is -0.499 e. The number of esters is 2. The first-order chi connectivity index (χ1) is 9.60. The molecule has 104 valence electrons. The lowest BCUT2D eigenvalue weighted by molar-refractivity contribution is -0.136. The second-order valence-electron chi connectivity index (χ2n) is 3.83. The molecular formula is C14H12O6. The number of carbonyl (C=O) groups is 2. The molecule has 20 heavy (non-hydrogen) atoms. The van der Waals surface area contributed by atoms with Gasteiger partial charge in [-0.3, -0.25) is 0 Å². The van der Waals surface area contributed by atoms with Crippen molar-refractivity contribution in [3.8, 4) is 0 Å². The van der Waals surface area contributed by atoms with Crippen LogP contribution in [0.1, 0.15) is 5.56 Å². The van der Waals surface area contributed by atoms with Crippen molar-refractivity contribution in [1.29, 1.82) is 0 Å². The molecule has 1 aliphatic heterocycles. The van der Waals surface area contributed by atoms with E-state index in [9.17, 15) is 14.7 Å². The number of hydrogen-bond donors (Lipinski definition) is 1. The predicted molar refractivity (Wildman–Crippen MR) is 68.1 cm³/mol. The van der Waals surface area contributed by atoms with Gasteiger partial charge in [-0.05, 0) is 5.56 Å². The summed E-state index contributed by atoms with van der Waals surface area (Å²) < 4.78 is 14.5. The molecule has 0 spiro atoms. The molecule has 0 radical (unpaired) electrons. The van der Waals surface area contributed by atoms with Crippen LogP contribution >= 0.6 is 0 Å². The molecule has 0 saturated carbocycles. The summed E-state index contributed by atoms with van der Waals surface area (Å²) in [6.45, 7) is 0. The van der Waals surface area contributed by atoms with Crippen molar-refractivity contribution in [2.75, 3.05) is 14.2 Å². The van der Waals surface area contributed by atoms with Crippen molar-refractivity contribution in [3.63, 3.8) is 0 Å². The quantitative estimate of drug-likeness (QED) is 0.666. The lowest BCUT2D eigenvalue weighted by Gasteiger charge is -2.10. The molecule has 0 aromatic heterocycles. The minimum absolute atomic E-state index is 0.00218. The highest BCUT2D eigenvalue weighted by Crippen LogP contribution is 2.32. The van der Waals surface area contributed by atoms with Gasteiger partial charge in [-0.1, -0.05) is 30.3 Å². The summed E-state index contributed by atoms with van der Waals surface area (Å²) in [5.41, 5.74) is 0.480. The lowest BCUT2D eigenvalue weighted by atomic mass is 10.0. The molecule has 0 bridgehead atoms. The van der Waals surface area contributed by atoms with Gasteiger partial charge in [0, 0.05) is 0 Å². The highest BCUT2D eigenvalue weighted by molar-refractivity contribution is 6.18. The van der Waals surface area contributed by atoms with Crippen LogP contribution in [-0.4, -0.2) is 31.3 Å². The molecule has 1 N–H and O–H groups in total. The second kappa shape index (κ2) is 5.48. The van der Waals surface area contributed by atoms with E-state index in [1.165, 1.54) is 14.2 Å². The summed E-state index contributed by atoms with van der Waals surface area (Å²) in [4.78, 5) is 23.3. The van der Waals surface area contributed by atoms with Crippen LogP contribution in [0.4, 0.5) is 0 Å². The molecule has 0 saturated heterocycles. The Balaban J connectivity index is 2.67. The maximum atomic E-state index is 11.9. The third kappa shape index (κ3) is 2.23. The first kappa shape index (κ1) is 13.7. The molecule has 0 fully saturated rings. The lowest BCUT2D eigenvalue weighted by Crippen LogP contribution is -2.09. The zero-order valence-electron chi connectivity index (χ0n) is 10.9. The van der Waals surface area contributed by atoms with E-state index in [0.29, 0.717) is 5.56 Å². The first-order valence-electron chi connectivity index (χ1n) is 5.68. The van der Waals surface area contributed by atoms with Gasteiger partial charge >= 0.3 is 11.9 Å². The normalized spacial score (nSPS) is 16.8. The van der Waals surface area contributed by atoms with E-state index in [1.54, 1.807) is 30.3 Å². The van der Waals surface area contributed by atoms with Gasteiger partial charge in [0.2, 0.25) is 11.5 Å². The first-order valence-corrected chi connectivity index (χ1v) is 5.68. The molecule has 1 aliphatic rings. The van der Waals surface area contributed by atoms with Gasteiger partial charge in [0.05, 0.1) is 14.2 Å². The second-order valence-corrected chi connectivity index (χ2v) is 3.83. The van der Waals surface area contributed by atoms with Crippen LogP contribution in [0.3, 0.4) is 0 Å². The van der Waals surface area contributed by atoms with Crippen LogP contribution in [0.2, 0.25) is 0 Å². The summed E-state index contributed by atoms with van der Waals surface area (Å²) in [6.07, 6.45) is 0. The Hall–Kier alpha value is -2.76. The molecule has 1 aromatic rings. The summed E-state index contributed by atoms with van der Waals surface area (Å²) in [6, 6.07) is 8.50. The summed E-state index contributed by atoms with van der Waals surface area (Å²) in [5, 5.41) is 9.57. The zero-order chi connectivity index (χ0) is 14.7. The number of carbonyl (C=O) groups excluding carboxylic acids is 2. The van der Waals surface area contributed by atoms with Crippen molar-refractivity contribution in [1.82, 2.24) is 0 Å². The van der Waals surface area contributed by atoms with E-state index >= 15 is 0 Å². The average molecular weight is 276 g/mol. The standard InChI is InChI=1S/C14H12O6/c1-18-12-10(15)14(17)20-11(12)9(13(16)19-2)8-6-4-3-5-7-8/h3-7,15H,1-2H3/b11-9-. The number of rotatable bonds is 3. The van der Waals surface area contributed by atoms with E-state index in [1.807, 2.05) is 0 Å². The Bertz CT molecular complexity index is 612. The highest BCUT2D eigenvalue weighted by Gasteiger charge is 2.36. The molecule has 0 atom stereocenters. The van der Waals surface area contributed by atoms with E-state index in [4.69, 9.17) is 14.2 Å². The van der Waals surface area contributed by atoms with E-state index in [0.717, 1.165) is 0 Å². The molecule has 0 aliphatic carbocycles. The van der Waals surface area contributed by atoms with Gasteiger partial charge in [0.25, 0.3) is 0 Å². The molecule has 6 nitrogen and oxygen atoms in total. The minimum atomic E-state index is -0.978. The van der Waals surface area contributed by atoms with Crippen LogP contribution in [0, 0.1) is 0 Å². The fraction of sp³-hybridized carbons (Fsp3) is 0.143. The fourth-order valence-electron chi connectivity index (χ4n) is 1.79. The van der Waals surface area contributed by atoms with Gasteiger partial charge in [0.1, 0.15) is 5.57 Å². The number of ether oxygens (including phenoxy) is 3. The maximum absolute atomic E-state index is 11.9. The van der Waals surface area contributed by atoms with Crippen LogP contribution < -0.4 is 0 Å². The number of aliphatic hydroxyl groups is 1. The number of cyclic esters (lactones) is 1. The fourth-order valence-corrected chi connectivity index (χ4v) is 1.79. The molecule has 0 unspecified atom stereocenters. The molecule has 2 rings (SSSR count). The smallest absolute Gasteiger partial charge is 0.383 e. The zero-order valence-corrected chi connectivity index (χ0v) is 10.9. The van der Waals surface area contributed by atoms with Crippen LogP contribution in [0.25, 0.3) is 5.57 Å². The van der Waals surface area contributed by atoms with Crippen molar-refractivity contribution in [3.05, 3.63) is 53.2 Å². The topological polar surface area (TPSA) is 82.1 Å². The number of aliphatic hydroxyl groups excluding tert-OH is 1. The molecule has 1 aromatic carbocycles. The maximum Gasteiger partial charge on any atom is 0.383 e.